The van der Waals surface area contributed by atoms with Crippen molar-refractivity contribution < 1.29 is 4.79 Å². The molecular formula is C16H16Cl2N2OS. The molecule has 6 heteroatoms. The Morgan fingerprint density at radius 1 is 1.09 bits per heavy atom. The number of piperazine rings is 1. The average molecular weight is 355 g/mol. The van der Waals surface area contributed by atoms with E-state index in [0.29, 0.717) is 15.6 Å². The number of halogens is 2. The molecule has 1 aliphatic heterocycles. The molecule has 1 amide bonds. The van der Waals surface area contributed by atoms with Gasteiger partial charge in [0.15, 0.2) is 0 Å². The lowest BCUT2D eigenvalue weighted by atomic mass is 10.1. The fourth-order valence-electron chi connectivity index (χ4n) is 2.61. The zero-order valence-corrected chi connectivity index (χ0v) is 14.3. The predicted octanol–water partition coefficient (Wildman–Crippen LogP) is 4.01. The summed E-state index contributed by atoms with van der Waals surface area (Å²) in [5, 5.41) is 5.25. The van der Waals surface area contributed by atoms with Crippen LogP contribution in [0.1, 0.15) is 15.9 Å². The number of rotatable bonds is 3. The van der Waals surface area contributed by atoms with Crippen molar-refractivity contribution in [2.75, 3.05) is 26.2 Å². The van der Waals surface area contributed by atoms with Crippen molar-refractivity contribution in [3.63, 3.8) is 0 Å². The Balaban J connectivity index is 1.59. The van der Waals surface area contributed by atoms with Crippen LogP contribution in [0, 0.1) is 0 Å². The van der Waals surface area contributed by atoms with E-state index in [-0.39, 0.29) is 5.91 Å². The second kappa shape index (κ2) is 7.01. The van der Waals surface area contributed by atoms with Crippen LogP contribution < -0.4 is 0 Å². The van der Waals surface area contributed by atoms with E-state index in [2.05, 4.69) is 21.7 Å². The molecule has 1 aromatic heterocycles. The first-order valence-corrected chi connectivity index (χ1v) is 8.80. The molecule has 1 fully saturated rings. The van der Waals surface area contributed by atoms with E-state index in [9.17, 15) is 4.79 Å². The molecule has 0 radical (unpaired) electrons. The van der Waals surface area contributed by atoms with Gasteiger partial charge in [0.05, 0.1) is 0 Å². The standard InChI is InChI=1S/C16H16Cl2N2OS/c17-14-7-13(8-15(18)9-14)16(21)20-4-2-19(3-5-20)10-12-1-6-22-11-12/h1,6-9,11H,2-5,10H2. The Labute approximate surface area is 144 Å². The third kappa shape index (κ3) is 3.82. The molecular weight excluding hydrogens is 339 g/mol. The highest BCUT2D eigenvalue weighted by atomic mass is 35.5. The van der Waals surface area contributed by atoms with Gasteiger partial charge in [0.2, 0.25) is 0 Å². The van der Waals surface area contributed by atoms with Crippen LogP contribution in [-0.2, 0) is 6.54 Å². The van der Waals surface area contributed by atoms with Crippen LogP contribution in [0.15, 0.2) is 35.0 Å². The normalized spacial score (nSPS) is 16.0. The van der Waals surface area contributed by atoms with E-state index in [1.807, 2.05) is 4.90 Å². The monoisotopic (exact) mass is 354 g/mol. The Kier molecular flexibility index (Phi) is 5.03. The van der Waals surface area contributed by atoms with Gasteiger partial charge in [-0.3, -0.25) is 9.69 Å². The highest BCUT2D eigenvalue weighted by Gasteiger charge is 2.22. The minimum absolute atomic E-state index is 0.000386. The summed E-state index contributed by atoms with van der Waals surface area (Å²) in [6.45, 7) is 4.18. The number of carbonyl (C=O) groups is 1. The van der Waals surface area contributed by atoms with E-state index >= 15 is 0 Å². The lowest BCUT2D eigenvalue weighted by Gasteiger charge is -2.34. The summed E-state index contributed by atoms with van der Waals surface area (Å²) >= 11 is 13.7. The number of nitrogens with zero attached hydrogens (tertiary/aromatic N) is 2. The lowest BCUT2D eigenvalue weighted by molar-refractivity contribution is 0.0628. The molecule has 0 unspecified atom stereocenters. The molecule has 116 valence electrons. The molecule has 3 nitrogen and oxygen atoms in total. The van der Waals surface area contributed by atoms with Crippen LogP contribution in [0.4, 0.5) is 0 Å². The van der Waals surface area contributed by atoms with Crippen molar-refractivity contribution in [2.24, 2.45) is 0 Å². The minimum Gasteiger partial charge on any atom is -0.336 e. The van der Waals surface area contributed by atoms with Gasteiger partial charge in [-0.15, -0.1) is 0 Å². The highest BCUT2D eigenvalue weighted by Crippen LogP contribution is 2.21. The zero-order chi connectivity index (χ0) is 15.5. The van der Waals surface area contributed by atoms with Gasteiger partial charge in [-0.1, -0.05) is 23.2 Å². The third-order valence-electron chi connectivity index (χ3n) is 3.76. The van der Waals surface area contributed by atoms with Crippen molar-refractivity contribution in [1.29, 1.82) is 0 Å². The second-order valence-electron chi connectivity index (χ2n) is 5.36. The number of thiophene rings is 1. The van der Waals surface area contributed by atoms with Crippen LogP contribution in [0.3, 0.4) is 0 Å². The third-order valence-corrected chi connectivity index (χ3v) is 4.92. The summed E-state index contributed by atoms with van der Waals surface area (Å²) in [6, 6.07) is 7.13. The summed E-state index contributed by atoms with van der Waals surface area (Å²) in [6.07, 6.45) is 0. The second-order valence-corrected chi connectivity index (χ2v) is 7.01. The maximum absolute atomic E-state index is 12.5. The number of carbonyl (C=O) groups excluding carboxylic acids is 1. The first-order chi connectivity index (χ1) is 10.6. The first-order valence-electron chi connectivity index (χ1n) is 7.10. The van der Waals surface area contributed by atoms with E-state index in [4.69, 9.17) is 23.2 Å². The molecule has 1 aromatic carbocycles. The van der Waals surface area contributed by atoms with E-state index in [1.54, 1.807) is 29.5 Å². The van der Waals surface area contributed by atoms with Gasteiger partial charge in [0, 0.05) is 48.3 Å². The highest BCUT2D eigenvalue weighted by molar-refractivity contribution is 7.07. The molecule has 22 heavy (non-hydrogen) atoms. The van der Waals surface area contributed by atoms with Crippen molar-refractivity contribution in [1.82, 2.24) is 9.80 Å². The first kappa shape index (κ1) is 15.8. The van der Waals surface area contributed by atoms with E-state index in [1.165, 1.54) is 5.56 Å². The molecule has 0 saturated carbocycles. The van der Waals surface area contributed by atoms with E-state index < -0.39 is 0 Å². The van der Waals surface area contributed by atoms with Crippen molar-refractivity contribution >= 4 is 40.4 Å². The van der Waals surface area contributed by atoms with Gasteiger partial charge < -0.3 is 4.90 Å². The Bertz CT molecular complexity index is 632. The summed E-state index contributed by atoms with van der Waals surface area (Å²) in [7, 11) is 0. The molecule has 0 spiro atoms. The molecule has 3 rings (SSSR count). The Morgan fingerprint density at radius 2 is 1.77 bits per heavy atom. The van der Waals surface area contributed by atoms with Crippen molar-refractivity contribution in [3.05, 3.63) is 56.2 Å². The van der Waals surface area contributed by atoms with Crippen LogP contribution in [0.5, 0.6) is 0 Å². The minimum atomic E-state index is -0.000386. The number of hydrogen-bond donors (Lipinski definition) is 0. The fourth-order valence-corrected chi connectivity index (χ4v) is 3.80. The van der Waals surface area contributed by atoms with Gasteiger partial charge in [-0.05, 0) is 40.6 Å². The van der Waals surface area contributed by atoms with Crippen molar-refractivity contribution in [2.45, 2.75) is 6.54 Å². The zero-order valence-electron chi connectivity index (χ0n) is 12.0. The number of benzene rings is 1. The van der Waals surface area contributed by atoms with Gasteiger partial charge in [0.25, 0.3) is 5.91 Å². The number of amides is 1. The van der Waals surface area contributed by atoms with Crippen LogP contribution >= 0.6 is 34.5 Å². The van der Waals surface area contributed by atoms with Gasteiger partial charge in [-0.25, -0.2) is 0 Å². The molecule has 2 aromatic rings. The Morgan fingerprint density at radius 3 is 2.36 bits per heavy atom. The van der Waals surface area contributed by atoms with Crippen LogP contribution in [-0.4, -0.2) is 41.9 Å². The topological polar surface area (TPSA) is 23.6 Å². The molecule has 0 aliphatic carbocycles. The predicted molar refractivity (Wildman–Crippen MR) is 92.0 cm³/mol. The SMILES string of the molecule is O=C(c1cc(Cl)cc(Cl)c1)N1CCN(Cc2ccsc2)CC1. The fraction of sp³-hybridized carbons (Fsp3) is 0.312. The van der Waals surface area contributed by atoms with Crippen LogP contribution in [0.2, 0.25) is 10.0 Å². The van der Waals surface area contributed by atoms with Gasteiger partial charge in [0.1, 0.15) is 0 Å². The molecule has 1 saturated heterocycles. The smallest absolute Gasteiger partial charge is 0.254 e. The molecule has 1 aliphatic rings. The largest absolute Gasteiger partial charge is 0.336 e. The van der Waals surface area contributed by atoms with Gasteiger partial charge in [-0.2, -0.15) is 11.3 Å². The summed E-state index contributed by atoms with van der Waals surface area (Å²) in [5.41, 5.74) is 1.90. The molecule has 0 bridgehead atoms. The Hall–Kier alpha value is -1.07. The quantitative estimate of drug-likeness (QED) is 0.831. The van der Waals surface area contributed by atoms with Crippen molar-refractivity contribution in [3.8, 4) is 0 Å². The summed E-state index contributed by atoms with van der Waals surface area (Å²) in [4.78, 5) is 16.8. The molecule has 2 heterocycles. The summed E-state index contributed by atoms with van der Waals surface area (Å²) < 4.78 is 0. The maximum Gasteiger partial charge on any atom is 0.254 e. The van der Waals surface area contributed by atoms with Gasteiger partial charge >= 0.3 is 0 Å². The maximum atomic E-state index is 12.5. The molecule has 0 atom stereocenters. The average Bonchev–Trinajstić information content (AvgIpc) is 2.99. The molecule has 0 N–H and O–H groups in total. The lowest BCUT2D eigenvalue weighted by Crippen LogP contribution is -2.48. The van der Waals surface area contributed by atoms with E-state index in [0.717, 1.165) is 32.7 Å². The summed E-state index contributed by atoms with van der Waals surface area (Å²) in [5.74, 6) is -0.000386. The number of hydrogen-bond acceptors (Lipinski definition) is 3. The van der Waals surface area contributed by atoms with Crippen LogP contribution in [0.25, 0.3) is 0 Å².